The highest BCUT2D eigenvalue weighted by Crippen LogP contribution is 2.24. The van der Waals surface area contributed by atoms with Gasteiger partial charge in [0.2, 0.25) is 0 Å². The third kappa shape index (κ3) is 5.67. The molecule has 154 valence electrons. The zero-order chi connectivity index (χ0) is 20.6. The molecule has 0 N–H and O–H groups in total. The third-order valence-electron chi connectivity index (χ3n) is 5.29. The van der Waals surface area contributed by atoms with Gasteiger partial charge in [0, 0.05) is 50.2 Å². The van der Waals surface area contributed by atoms with E-state index >= 15 is 0 Å². The van der Waals surface area contributed by atoms with Crippen molar-refractivity contribution >= 4 is 11.3 Å². The maximum Gasteiger partial charge on any atom is 0.123 e. The Hall–Kier alpha value is -2.72. The van der Waals surface area contributed by atoms with E-state index in [0.717, 1.165) is 56.4 Å². The van der Waals surface area contributed by atoms with Crippen molar-refractivity contribution in [3.63, 3.8) is 0 Å². The van der Waals surface area contributed by atoms with Crippen molar-refractivity contribution in [2.75, 3.05) is 39.3 Å². The molecule has 5 nitrogen and oxygen atoms in total. The Morgan fingerprint density at radius 1 is 0.967 bits per heavy atom. The molecule has 1 aromatic heterocycles. The molecule has 4 rings (SSSR count). The lowest BCUT2D eigenvalue weighted by atomic mass is 10.2. The van der Waals surface area contributed by atoms with Crippen LogP contribution < -0.4 is 4.74 Å². The van der Waals surface area contributed by atoms with Gasteiger partial charge in [-0.1, -0.05) is 30.3 Å². The fourth-order valence-electron chi connectivity index (χ4n) is 3.60. The molecule has 6 heteroatoms. The number of nitrogens with zero attached hydrogens (tertiary/aromatic N) is 4. The Bertz CT molecular complexity index is 957. The van der Waals surface area contributed by atoms with Crippen molar-refractivity contribution in [3.8, 4) is 22.4 Å². The topological polar surface area (TPSA) is 52.4 Å². The number of aromatic nitrogens is 1. The standard InChI is InChI=1S/C24H26N4OS/c25-17-20-7-9-23(10-8-20)29-16-4-11-27-12-14-28(15-13-27)18-22-19-30-24(26-22)21-5-2-1-3-6-21/h1-3,5-10,19H,4,11-16,18H2. The fraction of sp³-hybridized carbons (Fsp3) is 0.333. The Morgan fingerprint density at radius 2 is 1.70 bits per heavy atom. The van der Waals surface area contributed by atoms with E-state index in [1.807, 2.05) is 18.2 Å². The van der Waals surface area contributed by atoms with Crippen LogP contribution in [-0.2, 0) is 6.54 Å². The van der Waals surface area contributed by atoms with Crippen LogP contribution in [-0.4, -0.2) is 54.1 Å². The maximum atomic E-state index is 8.83. The lowest BCUT2D eigenvalue weighted by Gasteiger charge is -2.34. The number of piperazine rings is 1. The monoisotopic (exact) mass is 418 g/mol. The minimum atomic E-state index is 0.661. The summed E-state index contributed by atoms with van der Waals surface area (Å²) >= 11 is 1.73. The van der Waals surface area contributed by atoms with Crippen LogP contribution >= 0.6 is 11.3 Å². The molecule has 2 aromatic carbocycles. The predicted octanol–water partition coefficient (Wildman–Crippen LogP) is 4.27. The molecule has 1 aliphatic rings. The second-order valence-corrected chi connectivity index (χ2v) is 8.32. The number of benzene rings is 2. The molecule has 1 fully saturated rings. The van der Waals surface area contributed by atoms with Crippen LogP contribution in [0.5, 0.6) is 5.75 Å². The molecule has 0 unspecified atom stereocenters. The summed E-state index contributed by atoms with van der Waals surface area (Å²) in [6, 6.07) is 19.8. The van der Waals surface area contributed by atoms with Crippen molar-refractivity contribution in [3.05, 3.63) is 71.2 Å². The largest absolute Gasteiger partial charge is 0.494 e. The Morgan fingerprint density at radius 3 is 2.43 bits per heavy atom. The molecule has 0 radical (unpaired) electrons. The normalized spacial score (nSPS) is 15.0. The van der Waals surface area contributed by atoms with Gasteiger partial charge in [-0.05, 0) is 30.7 Å². The lowest BCUT2D eigenvalue weighted by Crippen LogP contribution is -2.46. The van der Waals surface area contributed by atoms with Gasteiger partial charge >= 0.3 is 0 Å². The Balaban J connectivity index is 1.15. The molecule has 0 spiro atoms. The summed E-state index contributed by atoms with van der Waals surface area (Å²) in [6.45, 7) is 7.02. The second kappa shape index (κ2) is 10.4. The van der Waals surface area contributed by atoms with E-state index in [1.54, 1.807) is 23.5 Å². The molecule has 0 saturated carbocycles. The van der Waals surface area contributed by atoms with E-state index in [2.05, 4.69) is 45.5 Å². The molecule has 2 heterocycles. The second-order valence-electron chi connectivity index (χ2n) is 7.47. The smallest absolute Gasteiger partial charge is 0.123 e. The quantitative estimate of drug-likeness (QED) is 0.512. The van der Waals surface area contributed by atoms with Gasteiger partial charge in [0.15, 0.2) is 0 Å². The SMILES string of the molecule is N#Cc1ccc(OCCCN2CCN(Cc3csc(-c4ccccc4)n3)CC2)cc1. The molecule has 1 saturated heterocycles. The number of ether oxygens (including phenoxy) is 1. The summed E-state index contributed by atoms with van der Waals surface area (Å²) in [4.78, 5) is 9.83. The first-order valence-corrected chi connectivity index (χ1v) is 11.3. The number of hydrogen-bond acceptors (Lipinski definition) is 6. The van der Waals surface area contributed by atoms with E-state index in [4.69, 9.17) is 15.0 Å². The number of thiazole rings is 1. The van der Waals surface area contributed by atoms with Crippen LogP contribution in [0.1, 0.15) is 17.7 Å². The van der Waals surface area contributed by atoms with Gasteiger partial charge < -0.3 is 9.64 Å². The van der Waals surface area contributed by atoms with Crippen molar-refractivity contribution in [1.82, 2.24) is 14.8 Å². The fourth-order valence-corrected chi connectivity index (χ4v) is 4.41. The first kappa shape index (κ1) is 20.5. The van der Waals surface area contributed by atoms with Crippen molar-refractivity contribution in [2.45, 2.75) is 13.0 Å². The molecule has 0 bridgehead atoms. The van der Waals surface area contributed by atoms with Crippen molar-refractivity contribution < 1.29 is 4.74 Å². The maximum absolute atomic E-state index is 8.83. The summed E-state index contributed by atoms with van der Waals surface area (Å²) in [5, 5.41) is 12.1. The molecular weight excluding hydrogens is 392 g/mol. The van der Waals surface area contributed by atoms with Crippen LogP contribution in [0.3, 0.4) is 0 Å². The van der Waals surface area contributed by atoms with Crippen LogP contribution in [0.4, 0.5) is 0 Å². The summed E-state index contributed by atoms with van der Waals surface area (Å²) in [5.74, 6) is 0.831. The van der Waals surface area contributed by atoms with Crippen LogP contribution in [0.2, 0.25) is 0 Å². The van der Waals surface area contributed by atoms with Crippen molar-refractivity contribution in [1.29, 1.82) is 5.26 Å². The van der Waals surface area contributed by atoms with Crippen LogP contribution in [0.15, 0.2) is 60.0 Å². The van der Waals surface area contributed by atoms with Crippen LogP contribution in [0.25, 0.3) is 10.6 Å². The van der Waals surface area contributed by atoms with Gasteiger partial charge in [-0.15, -0.1) is 11.3 Å². The summed E-state index contributed by atoms with van der Waals surface area (Å²) in [5.41, 5.74) is 3.03. The van der Waals surface area contributed by atoms with E-state index < -0.39 is 0 Å². The predicted molar refractivity (Wildman–Crippen MR) is 121 cm³/mol. The Labute approximate surface area is 182 Å². The zero-order valence-electron chi connectivity index (χ0n) is 17.0. The molecule has 1 aliphatic heterocycles. The lowest BCUT2D eigenvalue weighted by molar-refractivity contribution is 0.120. The summed E-state index contributed by atoms with van der Waals surface area (Å²) in [7, 11) is 0. The van der Waals surface area contributed by atoms with E-state index in [-0.39, 0.29) is 0 Å². The van der Waals surface area contributed by atoms with E-state index in [9.17, 15) is 0 Å². The van der Waals surface area contributed by atoms with Gasteiger partial charge in [0.25, 0.3) is 0 Å². The molecule has 0 amide bonds. The minimum Gasteiger partial charge on any atom is -0.494 e. The first-order chi connectivity index (χ1) is 14.8. The number of hydrogen-bond donors (Lipinski definition) is 0. The van der Waals surface area contributed by atoms with Crippen molar-refractivity contribution in [2.24, 2.45) is 0 Å². The highest BCUT2D eigenvalue weighted by atomic mass is 32.1. The highest BCUT2D eigenvalue weighted by molar-refractivity contribution is 7.13. The van der Waals surface area contributed by atoms with Crippen LogP contribution in [0, 0.1) is 11.3 Å². The highest BCUT2D eigenvalue weighted by Gasteiger charge is 2.17. The molecule has 30 heavy (non-hydrogen) atoms. The summed E-state index contributed by atoms with van der Waals surface area (Å²) in [6.07, 6.45) is 1.01. The third-order valence-corrected chi connectivity index (χ3v) is 6.23. The first-order valence-electron chi connectivity index (χ1n) is 10.4. The van der Waals surface area contributed by atoms with Gasteiger partial charge in [-0.25, -0.2) is 4.98 Å². The van der Waals surface area contributed by atoms with Gasteiger partial charge in [-0.3, -0.25) is 4.90 Å². The van der Waals surface area contributed by atoms with Gasteiger partial charge in [0.1, 0.15) is 10.8 Å². The molecule has 0 atom stereocenters. The Kier molecular flexibility index (Phi) is 7.09. The summed E-state index contributed by atoms with van der Waals surface area (Å²) < 4.78 is 5.78. The zero-order valence-corrected chi connectivity index (χ0v) is 17.9. The molecule has 3 aromatic rings. The average Bonchev–Trinajstić information content (AvgIpc) is 3.27. The van der Waals surface area contributed by atoms with E-state index in [1.165, 1.54) is 11.3 Å². The number of rotatable bonds is 8. The minimum absolute atomic E-state index is 0.661. The molecular formula is C24H26N4OS. The average molecular weight is 419 g/mol. The van der Waals surface area contributed by atoms with Gasteiger partial charge in [0.05, 0.1) is 23.9 Å². The number of nitriles is 1. The van der Waals surface area contributed by atoms with E-state index in [0.29, 0.717) is 12.2 Å². The van der Waals surface area contributed by atoms with Gasteiger partial charge in [-0.2, -0.15) is 5.26 Å². The molecule has 0 aliphatic carbocycles.